The predicted octanol–water partition coefficient (Wildman–Crippen LogP) is 4.36. The summed E-state index contributed by atoms with van der Waals surface area (Å²) in [5, 5.41) is 11.1. The Kier molecular flexibility index (Phi) is 7.01. The number of carbonyl (C=O) groups excluding carboxylic acids is 2. The Balaban J connectivity index is 3.00. The number of rotatable bonds is 4. The van der Waals surface area contributed by atoms with E-state index in [9.17, 15) is 32.4 Å². The third-order valence-corrected chi connectivity index (χ3v) is 4.67. The van der Waals surface area contributed by atoms with Crippen LogP contribution in [0.4, 0.5) is 17.6 Å². The van der Waals surface area contributed by atoms with Crippen LogP contribution in [0.3, 0.4) is 0 Å². The van der Waals surface area contributed by atoms with Gasteiger partial charge in [-0.3, -0.25) is 0 Å². The van der Waals surface area contributed by atoms with E-state index in [2.05, 4.69) is 10.1 Å². The van der Waals surface area contributed by atoms with Crippen molar-refractivity contribution in [1.29, 1.82) is 5.26 Å². The van der Waals surface area contributed by atoms with Gasteiger partial charge in [-0.1, -0.05) is 11.6 Å². The van der Waals surface area contributed by atoms with Crippen molar-refractivity contribution in [2.24, 2.45) is 0 Å². The second-order valence-corrected chi connectivity index (χ2v) is 7.17. The lowest BCUT2D eigenvalue weighted by Crippen LogP contribution is -2.34. The van der Waals surface area contributed by atoms with Crippen molar-refractivity contribution >= 4 is 23.5 Å². The average molecular weight is 461 g/mol. The van der Waals surface area contributed by atoms with Crippen molar-refractivity contribution in [3.63, 3.8) is 0 Å². The summed E-state index contributed by atoms with van der Waals surface area (Å²) in [5.74, 6) is -5.69. The molecule has 1 aliphatic rings. The van der Waals surface area contributed by atoms with Crippen LogP contribution in [0.1, 0.15) is 37.8 Å². The molecule has 0 amide bonds. The maximum absolute atomic E-state index is 14.9. The number of benzene rings is 1. The quantitative estimate of drug-likeness (QED) is 0.530. The molecular formula is C20H17ClF4N2O4. The summed E-state index contributed by atoms with van der Waals surface area (Å²) in [7, 11) is 0.928. The second-order valence-electron chi connectivity index (χ2n) is 6.76. The van der Waals surface area contributed by atoms with Gasteiger partial charge in [-0.2, -0.15) is 18.4 Å². The second kappa shape index (κ2) is 8.98. The van der Waals surface area contributed by atoms with Crippen LogP contribution in [-0.4, -0.2) is 25.2 Å². The minimum Gasteiger partial charge on any atom is -0.466 e. The van der Waals surface area contributed by atoms with Gasteiger partial charge in [0.1, 0.15) is 17.6 Å². The number of esters is 2. The lowest BCUT2D eigenvalue weighted by atomic mass is 9.78. The molecule has 0 saturated carbocycles. The fourth-order valence-corrected chi connectivity index (χ4v) is 3.49. The van der Waals surface area contributed by atoms with Gasteiger partial charge >= 0.3 is 18.1 Å². The Labute approximate surface area is 180 Å². The Morgan fingerprint density at radius 1 is 1.23 bits per heavy atom. The molecule has 1 N–H and O–H groups in total. The van der Waals surface area contributed by atoms with E-state index < -0.39 is 68.9 Å². The smallest absolute Gasteiger partial charge is 0.418 e. The van der Waals surface area contributed by atoms with Crippen molar-refractivity contribution in [3.05, 3.63) is 56.6 Å². The third kappa shape index (κ3) is 4.66. The largest absolute Gasteiger partial charge is 0.466 e. The SMILES string of the molecule is COC(=O)C1=C(C#N)NC(C)=C(C(=O)OC(C)C)C1c1c(F)ccc(Cl)c1C(F)(F)F. The van der Waals surface area contributed by atoms with E-state index in [1.165, 1.54) is 20.8 Å². The van der Waals surface area contributed by atoms with E-state index in [4.69, 9.17) is 16.3 Å². The van der Waals surface area contributed by atoms with E-state index in [0.29, 0.717) is 12.1 Å². The van der Waals surface area contributed by atoms with Crippen LogP contribution in [0.25, 0.3) is 0 Å². The maximum atomic E-state index is 14.9. The molecule has 31 heavy (non-hydrogen) atoms. The summed E-state index contributed by atoms with van der Waals surface area (Å²) in [6, 6.07) is 3.02. The summed E-state index contributed by atoms with van der Waals surface area (Å²) >= 11 is 5.75. The van der Waals surface area contributed by atoms with Crippen LogP contribution in [0.5, 0.6) is 0 Å². The highest BCUT2D eigenvalue weighted by molar-refractivity contribution is 6.31. The summed E-state index contributed by atoms with van der Waals surface area (Å²) in [4.78, 5) is 25.3. The number of allylic oxidation sites excluding steroid dienone is 2. The summed E-state index contributed by atoms with van der Waals surface area (Å²) in [6.07, 6.45) is -5.82. The molecule has 2 rings (SSSR count). The predicted molar refractivity (Wildman–Crippen MR) is 101 cm³/mol. The molecule has 0 fully saturated rings. The molecule has 0 aliphatic carbocycles. The highest BCUT2D eigenvalue weighted by Crippen LogP contribution is 2.47. The molecule has 166 valence electrons. The first-order chi connectivity index (χ1) is 14.3. The molecule has 0 bridgehead atoms. The van der Waals surface area contributed by atoms with Crippen molar-refractivity contribution in [1.82, 2.24) is 5.32 Å². The van der Waals surface area contributed by atoms with Gasteiger partial charge in [-0.25, -0.2) is 14.0 Å². The number of nitriles is 1. The maximum Gasteiger partial charge on any atom is 0.418 e. The number of nitrogens with zero attached hydrogens (tertiary/aromatic N) is 1. The number of methoxy groups -OCH3 is 1. The Morgan fingerprint density at radius 3 is 2.32 bits per heavy atom. The molecule has 1 unspecified atom stereocenters. The molecular weight excluding hydrogens is 444 g/mol. The molecule has 1 atom stereocenters. The van der Waals surface area contributed by atoms with Gasteiger partial charge in [0.2, 0.25) is 0 Å². The molecule has 6 nitrogen and oxygen atoms in total. The molecule has 11 heteroatoms. The molecule has 0 spiro atoms. The highest BCUT2D eigenvalue weighted by Gasteiger charge is 2.46. The van der Waals surface area contributed by atoms with Crippen molar-refractivity contribution < 1.29 is 36.6 Å². The van der Waals surface area contributed by atoms with E-state index in [1.54, 1.807) is 6.07 Å². The summed E-state index contributed by atoms with van der Waals surface area (Å²) in [5.41, 5.74) is -4.43. The monoisotopic (exact) mass is 460 g/mol. The molecule has 0 aromatic heterocycles. The van der Waals surface area contributed by atoms with E-state index >= 15 is 0 Å². The van der Waals surface area contributed by atoms with Gasteiger partial charge in [0.25, 0.3) is 0 Å². The summed E-state index contributed by atoms with van der Waals surface area (Å²) < 4.78 is 66.3. The van der Waals surface area contributed by atoms with Gasteiger partial charge in [-0.15, -0.1) is 0 Å². The van der Waals surface area contributed by atoms with Crippen molar-refractivity contribution in [2.75, 3.05) is 7.11 Å². The fourth-order valence-electron chi connectivity index (χ4n) is 3.22. The third-order valence-electron chi connectivity index (χ3n) is 4.36. The molecule has 0 saturated heterocycles. The molecule has 1 aliphatic heterocycles. The van der Waals surface area contributed by atoms with Gasteiger partial charge in [0, 0.05) is 11.3 Å². The first kappa shape index (κ1) is 24.2. The standard InChI is InChI=1S/C20H17ClF4N2O4/c1-8(2)31-19(29)13-9(3)27-12(7-26)15(18(28)30-4)16(13)14-11(22)6-5-10(21)17(14)20(23,24)25/h5-6,8,16,27H,1-4H3. The Bertz CT molecular complexity index is 1040. The first-order valence-corrected chi connectivity index (χ1v) is 9.19. The number of nitrogens with one attached hydrogen (secondary N) is 1. The lowest BCUT2D eigenvalue weighted by molar-refractivity contribution is -0.144. The minimum absolute atomic E-state index is 0.0904. The number of halogens is 5. The zero-order chi connectivity index (χ0) is 23.7. The van der Waals surface area contributed by atoms with Gasteiger partial charge < -0.3 is 14.8 Å². The van der Waals surface area contributed by atoms with Crippen LogP contribution >= 0.6 is 11.6 Å². The highest BCUT2D eigenvalue weighted by atomic mass is 35.5. The van der Waals surface area contributed by atoms with Gasteiger partial charge in [0.05, 0.1) is 40.9 Å². The van der Waals surface area contributed by atoms with Crippen LogP contribution < -0.4 is 5.32 Å². The molecule has 1 aromatic carbocycles. The van der Waals surface area contributed by atoms with Gasteiger partial charge in [0.15, 0.2) is 0 Å². The van der Waals surface area contributed by atoms with Crippen LogP contribution in [0.2, 0.25) is 5.02 Å². The van der Waals surface area contributed by atoms with E-state index in [-0.39, 0.29) is 5.70 Å². The zero-order valence-electron chi connectivity index (χ0n) is 16.8. The van der Waals surface area contributed by atoms with Crippen LogP contribution in [-0.2, 0) is 25.2 Å². The zero-order valence-corrected chi connectivity index (χ0v) is 17.5. The normalized spacial score (nSPS) is 16.7. The summed E-state index contributed by atoms with van der Waals surface area (Å²) in [6.45, 7) is 4.28. The minimum atomic E-state index is -5.14. The van der Waals surface area contributed by atoms with E-state index in [0.717, 1.165) is 7.11 Å². The molecule has 0 radical (unpaired) electrons. The van der Waals surface area contributed by atoms with Gasteiger partial charge in [-0.05, 0) is 32.9 Å². The van der Waals surface area contributed by atoms with E-state index in [1.807, 2.05) is 0 Å². The lowest BCUT2D eigenvalue weighted by Gasteiger charge is -2.31. The number of alkyl halides is 3. The number of hydrogen-bond acceptors (Lipinski definition) is 6. The van der Waals surface area contributed by atoms with Crippen molar-refractivity contribution in [3.8, 4) is 6.07 Å². The van der Waals surface area contributed by atoms with Crippen molar-refractivity contribution in [2.45, 2.75) is 39.0 Å². The fraction of sp³-hybridized carbons (Fsp3) is 0.350. The topological polar surface area (TPSA) is 88.4 Å². The number of ether oxygens (including phenoxy) is 2. The molecule has 1 heterocycles. The Hall–Kier alpha value is -3.06. The Morgan fingerprint density at radius 2 is 1.84 bits per heavy atom. The van der Waals surface area contributed by atoms with Crippen LogP contribution in [0, 0.1) is 17.1 Å². The number of dihydropyridines is 1. The first-order valence-electron chi connectivity index (χ1n) is 8.81. The number of carbonyl (C=O) groups is 2. The number of hydrogen-bond donors (Lipinski definition) is 1. The average Bonchev–Trinajstić information content (AvgIpc) is 2.66. The van der Waals surface area contributed by atoms with Crippen LogP contribution in [0.15, 0.2) is 34.7 Å². The molecule has 1 aromatic rings.